The smallest absolute Gasteiger partial charge is 0.287 e. The molecule has 3 aromatic carbocycles. The summed E-state index contributed by atoms with van der Waals surface area (Å²) >= 11 is 0. The number of benzene rings is 3. The van der Waals surface area contributed by atoms with Gasteiger partial charge in [0.1, 0.15) is 5.69 Å². The van der Waals surface area contributed by atoms with Crippen molar-refractivity contribution in [3.63, 3.8) is 0 Å². The van der Waals surface area contributed by atoms with Crippen molar-refractivity contribution in [3.05, 3.63) is 97.9 Å². The fraction of sp³-hybridized carbons (Fsp3) is 0.684. The lowest BCUT2D eigenvalue weighted by Crippen LogP contribution is -2.43. The number of unbranched alkanes of at least 4 members (excludes halogenated alkanes) is 33. The normalized spacial score (nSPS) is 13.0. The lowest BCUT2D eigenvalue weighted by molar-refractivity contribution is -0.384. The number of H-pyrrole nitrogens is 1. The van der Waals surface area contributed by atoms with Crippen LogP contribution in [-0.4, -0.2) is 54.6 Å². The molecule has 5 rings (SSSR count). The molecule has 0 unspecified atom stereocenters. The Morgan fingerprint density at radius 3 is 1.15 bits per heavy atom. The molecule has 1 saturated heterocycles. The van der Waals surface area contributed by atoms with Crippen LogP contribution in [0.2, 0.25) is 0 Å². The molecular formula is C76H121N5O7. The van der Waals surface area contributed by atoms with Crippen molar-refractivity contribution >= 4 is 34.6 Å². The molecule has 0 radical (unpaired) electrons. The number of aromatic nitrogens is 1. The third-order valence-corrected chi connectivity index (χ3v) is 18.6. The highest BCUT2D eigenvalue weighted by molar-refractivity contribution is 6.04. The first-order valence-electron chi connectivity index (χ1n) is 35.8. The predicted octanol–water partition coefficient (Wildman–Crippen LogP) is 22.2. The van der Waals surface area contributed by atoms with Gasteiger partial charge in [0.2, 0.25) is 11.7 Å². The number of carbonyl (C=O) groups is 2. The summed E-state index contributed by atoms with van der Waals surface area (Å²) in [5.74, 6) is 1.76. The Balaban J connectivity index is 1.39. The largest absolute Gasteiger partial charge is 0.489 e. The molecule has 0 saturated carbocycles. The Morgan fingerprint density at radius 1 is 0.489 bits per heavy atom. The molecule has 2 heterocycles. The van der Waals surface area contributed by atoms with Crippen LogP contribution in [0.1, 0.15) is 316 Å². The van der Waals surface area contributed by atoms with E-state index in [0.29, 0.717) is 25.5 Å². The molecule has 0 aliphatic carbocycles. The van der Waals surface area contributed by atoms with Crippen molar-refractivity contribution in [1.82, 2.24) is 4.98 Å². The molecule has 88 heavy (non-hydrogen) atoms. The Hall–Kier alpha value is -5.52. The van der Waals surface area contributed by atoms with E-state index in [-0.39, 0.29) is 17.3 Å². The maximum atomic E-state index is 13.5. The summed E-state index contributed by atoms with van der Waals surface area (Å²) in [5, 5.41) is 17.6. The van der Waals surface area contributed by atoms with E-state index in [0.717, 1.165) is 121 Å². The van der Waals surface area contributed by atoms with Crippen molar-refractivity contribution in [2.75, 3.05) is 48.4 Å². The van der Waals surface area contributed by atoms with E-state index in [1.807, 2.05) is 13.8 Å². The SMILES string of the molecule is CCCCCCCCCCCCCCOc1cc(N2CCC(c3cc(C)c(NC(C)=O)c(C)c3)(c3cc(C)c(NC(=O)c4cc([N+](=O)[O-])c[nH]4)c(C)c3)CC2)cc(OCCCCCCCCCCCCCC)c1OCCCCCCCCCCCCCC. The van der Waals surface area contributed by atoms with Gasteiger partial charge in [0, 0.05) is 60.7 Å². The molecule has 492 valence electrons. The van der Waals surface area contributed by atoms with Gasteiger partial charge in [-0.1, -0.05) is 257 Å². The second kappa shape index (κ2) is 42.5. The minimum absolute atomic E-state index is 0.101. The first-order chi connectivity index (χ1) is 42.8. The Kier molecular flexibility index (Phi) is 35.3. The summed E-state index contributed by atoms with van der Waals surface area (Å²) in [6.07, 6.45) is 49.3. The van der Waals surface area contributed by atoms with E-state index in [2.05, 4.69) is 91.5 Å². The third kappa shape index (κ3) is 25.8. The molecule has 1 aliphatic heterocycles. The maximum absolute atomic E-state index is 13.5. The summed E-state index contributed by atoms with van der Waals surface area (Å²) in [4.78, 5) is 42.1. The standard InChI is InChI=1S/C76H121N5O7/c1-9-12-15-18-21-24-27-30-33-36-39-42-49-86-70-57-67(58-71(87-50-43-40-37-34-31-28-25-22-19-16-13-10-2)74(70)88-51-44-41-38-35-32-29-26-23-20-17-14-11-3)80-47-45-76(46-48-80,65-52-60(4)72(61(5)53-65)78-64(8)82)66-54-62(6)73(63(7)55-66)79-75(83)69-56-68(59-77-69)81(84)85/h52-59,77H,9-51H2,1-8H3,(H,78,82)(H,79,83). The number of anilines is 3. The highest BCUT2D eigenvalue weighted by atomic mass is 16.6. The quantitative estimate of drug-likeness (QED) is 0.0225. The average molecular weight is 1220 g/mol. The van der Waals surface area contributed by atoms with E-state index in [9.17, 15) is 19.7 Å². The zero-order chi connectivity index (χ0) is 63.2. The van der Waals surface area contributed by atoms with Crippen LogP contribution in [0.4, 0.5) is 22.7 Å². The van der Waals surface area contributed by atoms with Crippen LogP contribution in [0.5, 0.6) is 17.2 Å². The van der Waals surface area contributed by atoms with Crippen LogP contribution in [0, 0.1) is 37.8 Å². The van der Waals surface area contributed by atoms with Crippen molar-refractivity contribution < 1.29 is 28.7 Å². The minimum Gasteiger partial charge on any atom is -0.489 e. The number of piperidine rings is 1. The molecule has 12 heteroatoms. The summed E-state index contributed by atoms with van der Waals surface area (Å²) in [6.45, 7) is 20.0. The molecular weight excluding hydrogens is 1090 g/mol. The maximum Gasteiger partial charge on any atom is 0.287 e. The van der Waals surface area contributed by atoms with Gasteiger partial charge < -0.3 is 34.7 Å². The number of ether oxygens (including phenoxy) is 3. The monoisotopic (exact) mass is 1220 g/mol. The number of carbonyl (C=O) groups excluding carboxylic acids is 2. The van der Waals surface area contributed by atoms with Crippen LogP contribution in [-0.2, 0) is 10.2 Å². The number of aromatic amines is 1. The van der Waals surface area contributed by atoms with Crippen LogP contribution < -0.4 is 29.7 Å². The highest BCUT2D eigenvalue weighted by Crippen LogP contribution is 2.48. The van der Waals surface area contributed by atoms with Gasteiger partial charge in [0.15, 0.2) is 11.5 Å². The van der Waals surface area contributed by atoms with Gasteiger partial charge in [-0.25, -0.2) is 0 Å². The molecule has 0 atom stereocenters. The van der Waals surface area contributed by atoms with Crippen LogP contribution in [0.25, 0.3) is 0 Å². The van der Waals surface area contributed by atoms with Crippen molar-refractivity contribution in [2.24, 2.45) is 0 Å². The van der Waals surface area contributed by atoms with E-state index < -0.39 is 16.2 Å². The zero-order valence-corrected chi connectivity index (χ0v) is 56.8. The van der Waals surface area contributed by atoms with E-state index in [1.54, 1.807) is 6.92 Å². The van der Waals surface area contributed by atoms with Gasteiger partial charge in [0.05, 0.1) is 30.9 Å². The van der Waals surface area contributed by atoms with Crippen LogP contribution >= 0.6 is 0 Å². The number of nitro groups is 1. The second-order valence-corrected chi connectivity index (χ2v) is 26.2. The molecule has 0 bridgehead atoms. The summed E-state index contributed by atoms with van der Waals surface area (Å²) < 4.78 is 20.7. The lowest BCUT2D eigenvalue weighted by Gasteiger charge is -2.44. The molecule has 1 aromatic heterocycles. The molecule has 12 nitrogen and oxygen atoms in total. The van der Waals surface area contributed by atoms with E-state index >= 15 is 0 Å². The van der Waals surface area contributed by atoms with Crippen molar-refractivity contribution in [2.45, 2.75) is 305 Å². The summed E-state index contributed by atoms with van der Waals surface area (Å²) in [7, 11) is 0. The fourth-order valence-electron chi connectivity index (χ4n) is 13.2. The number of hydrogen-bond donors (Lipinski definition) is 3. The van der Waals surface area contributed by atoms with Crippen LogP contribution in [0.3, 0.4) is 0 Å². The molecule has 1 aliphatic rings. The number of nitrogens with one attached hydrogen (secondary N) is 3. The van der Waals surface area contributed by atoms with Gasteiger partial charge >= 0.3 is 0 Å². The lowest BCUT2D eigenvalue weighted by atomic mass is 9.66. The first-order valence-corrected chi connectivity index (χ1v) is 35.8. The second-order valence-electron chi connectivity index (χ2n) is 26.2. The third-order valence-electron chi connectivity index (χ3n) is 18.6. The Bertz CT molecular complexity index is 2520. The predicted molar refractivity (Wildman–Crippen MR) is 370 cm³/mol. The Labute approximate surface area is 534 Å². The van der Waals surface area contributed by atoms with E-state index in [1.165, 1.54) is 210 Å². The number of aryl methyl sites for hydroxylation is 4. The molecule has 3 N–H and O–H groups in total. The Morgan fingerprint density at radius 2 is 0.818 bits per heavy atom. The van der Waals surface area contributed by atoms with E-state index in [4.69, 9.17) is 14.2 Å². The van der Waals surface area contributed by atoms with Crippen molar-refractivity contribution in [3.8, 4) is 17.2 Å². The van der Waals surface area contributed by atoms with Gasteiger partial charge in [-0.05, 0) is 93.2 Å². The first kappa shape index (κ1) is 73.2. The molecule has 2 amide bonds. The van der Waals surface area contributed by atoms with Gasteiger partial charge in [-0.3, -0.25) is 19.7 Å². The zero-order valence-electron chi connectivity index (χ0n) is 56.8. The number of hydrogen-bond acceptors (Lipinski definition) is 8. The summed E-state index contributed by atoms with van der Waals surface area (Å²) in [6, 6.07) is 14.6. The average Bonchev–Trinajstić information content (AvgIpc) is 1.11. The number of rotatable bonds is 49. The van der Waals surface area contributed by atoms with Crippen LogP contribution in [0.15, 0.2) is 48.7 Å². The topological polar surface area (TPSA) is 148 Å². The van der Waals surface area contributed by atoms with Gasteiger partial charge in [-0.2, -0.15) is 0 Å². The highest BCUT2D eigenvalue weighted by Gasteiger charge is 2.40. The van der Waals surface area contributed by atoms with Gasteiger partial charge in [-0.15, -0.1) is 0 Å². The van der Waals surface area contributed by atoms with Crippen molar-refractivity contribution in [1.29, 1.82) is 0 Å². The molecule has 4 aromatic rings. The number of amides is 2. The molecule has 1 fully saturated rings. The minimum atomic E-state index is -0.512. The van der Waals surface area contributed by atoms with Gasteiger partial charge in [0.25, 0.3) is 11.6 Å². The fourth-order valence-corrected chi connectivity index (χ4v) is 13.2. The number of nitrogens with zero attached hydrogens (tertiary/aromatic N) is 2. The molecule has 0 spiro atoms. The summed E-state index contributed by atoms with van der Waals surface area (Å²) in [5.41, 5.74) is 8.29.